The molecule has 0 spiro atoms. The molecule has 0 fully saturated rings. The summed E-state index contributed by atoms with van der Waals surface area (Å²) in [7, 11) is 0. The zero-order valence-corrected chi connectivity index (χ0v) is 6.99. The molecule has 0 amide bonds. The van der Waals surface area contributed by atoms with Crippen LogP contribution in [0.5, 0.6) is 0 Å². The second-order valence-corrected chi connectivity index (χ2v) is 3.20. The van der Waals surface area contributed by atoms with Crippen LogP contribution in [-0.2, 0) is 6.42 Å². The number of hydrogen-bond donors (Lipinski definition) is 2. The van der Waals surface area contributed by atoms with E-state index in [9.17, 15) is 9.90 Å². The molecule has 4 nitrogen and oxygen atoms in total. The molecule has 0 saturated carbocycles. The van der Waals surface area contributed by atoms with E-state index < -0.39 is 12.1 Å². The fourth-order valence-electron chi connectivity index (χ4n) is 1.73. The molecule has 1 atom stereocenters. The lowest BCUT2D eigenvalue weighted by molar-refractivity contribution is 0.0687. The number of rotatable bonds is 1. The highest BCUT2D eigenvalue weighted by molar-refractivity contribution is 5.89. The smallest absolute Gasteiger partial charge is 0.339 e. The van der Waals surface area contributed by atoms with Crippen molar-refractivity contribution in [2.75, 3.05) is 0 Å². The van der Waals surface area contributed by atoms with E-state index in [1.54, 1.807) is 0 Å². The number of aryl methyl sites for hydroxylation is 1. The summed E-state index contributed by atoms with van der Waals surface area (Å²) in [4.78, 5) is 10.7. The summed E-state index contributed by atoms with van der Waals surface area (Å²) in [6, 6.07) is 0. The summed E-state index contributed by atoms with van der Waals surface area (Å²) >= 11 is 0. The predicted octanol–water partition coefficient (Wildman–Crippen LogP) is 1.35. The number of aliphatic hydroxyl groups is 1. The number of hydrogen-bond acceptors (Lipinski definition) is 3. The van der Waals surface area contributed by atoms with Crippen molar-refractivity contribution in [3.63, 3.8) is 0 Å². The second kappa shape index (κ2) is 2.88. The van der Waals surface area contributed by atoms with Crippen LogP contribution in [0.15, 0.2) is 10.7 Å². The Bertz CT molecular complexity index is 339. The Morgan fingerprint density at radius 3 is 3.08 bits per heavy atom. The van der Waals surface area contributed by atoms with Gasteiger partial charge in [0, 0.05) is 12.0 Å². The molecule has 0 aromatic carbocycles. The average Bonchev–Trinajstić information content (AvgIpc) is 2.49. The normalized spacial score (nSPS) is 21.2. The summed E-state index contributed by atoms with van der Waals surface area (Å²) in [6.07, 6.45) is 2.72. The van der Waals surface area contributed by atoms with Gasteiger partial charge < -0.3 is 14.6 Å². The van der Waals surface area contributed by atoms with Gasteiger partial charge in [0.1, 0.15) is 17.6 Å². The van der Waals surface area contributed by atoms with E-state index >= 15 is 0 Å². The first kappa shape index (κ1) is 8.31. The van der Waals surface area contributed by atoms with Crippen molar-refractivity contribution in [3.05, 3.63) is 23.2 Å². The van der Waals surface area contributed by atoms with Crippen molar-refractivity contribution in [1.29, 1.82) is 0 Å². The van der Waals surface area contributed by atoms with Gasteiger partial charge in [-0.15, -0.1) is 0 Å². The van der Waals surface area contributed by atoms with Crippen LogP contribution in [0.2, 0.25) is 0 Å². The molecule has 0 bridgehead atoms. The van der Waals surface area contributed by atoms with E-state index in [0.717, 1.165) is 12.8 Å². The van der Waals surface area contributed by atoms with Crippen LogP contribution < -0.4 is 0 Å². The van der Waals surface area contributed by atoms with Gasteiger partial charge in [0.05, 0.1) is 6.10 Å². The predicted molar refractivity (Wildman–Crippen MR) is 43.6 cm³/mol. The van der Waals surface area contributed by atoms with E-state index in [4.69, 9.17) is 9.52 Å². The average molecular weight is 182 g/mol. The molecule has 0 saturated heterocycles. The Balaban J connectivity index is 2.50. The highest BCUT2D eigenvalue weighted by Gasteiger charge is 2.27. The van der Waals surface area contributed by atoms with E-state index in [0.29, 0.717) is 17.7 Å². The maximum Gasteiger partial charge on any atom is 0.339 e. The highest BCUT2D eigenvalue weighted by Crippen LogP contribution is 2.33. The minimum absolute atomic E-state index is 0.0993. The highest BCUT2D eigenvalue weighted by atomic mass is 16.4. The Morgan fingerprint density at radius 2 is 2.38 bits per heavy atom. The van der Waals surface area contributed by atoms with Gasteiger partial charge in [-0.05, 0) is 12.8 Å². The van der Waals surface area contributed by atoms with Crippen molar-refractivity contribution in [2.24, 2.45) is 0 Å². The van der Waals surface area contributed by atoms with Gasteiger partial charge in [0.2, 0.25) is 0 Å². The number of aliphatic hydroxyl groups excluding tert-OH is 1. The molecule has 0 radical (unpaired) electrons. The number of carbonyl (C=O) groups is 1. The quantitative estimate of drug-likeness (QED) is 0.687. The Kier molecular flexibility index (Phi) is 1.84. The standard InChI is InChI=1S/C9H10O4/c10-6-2-1-3-7-8(6)5(4-13-7)9(11)12/h4,6,10H,1-3H2,(H,11,12). The third-order valence-electron chi connectivity index (χ3n) is 2.35. The number of fused-ring (bicyclic) bond motifs is 1. The molecule has 13 heavy (non-hydrogen) atoms. The van der Waals surface area contributed by atoms with Crippen LogP contribution >= 0.6 is 0 Å². The van der Waals surface area contributed by atoms with Gasteiger partial charge >= 0.3 is 5.97 Å². The van der Waals surface area contributed by atoms with Crippen LogP contribution in [0.3, 0.4) is 0 Å². The summed E-state index contributed by atoms with van der Waals surface area (Å²) in [6.45, 7) is 0. The van der Waals surface area contributed by atoms with Crippen LogP contribution in [0.25, 0.3) is 0 Å². The SMILES string of the molecule is O=C(O)c1coc2c1C(O)CCC2. The van der Waals surface area contributed by atoms with Crippen molar-refractivity contribution in [1.82, 2.24) is 0 Å². The summed E-state index contributed by atoms with van der Waals surface area (Å²) in [5.74, 6) is -0.415. The third-order valence-corrected chi connectivity index (χ3v) is 2.35. The lowest BCUT2D eigenvalue weighted by atomic mass is 9.93. The fourth-order valence-corrected chi connectivity index (χ4v) is 1.73. The minimum Gasteiger partial charge on any atom is -0.478 e. The Hall–Kier alpha value is -1.29. The maximum atomic E-state index is 10.7. The van der Waals surface area contributed by atoms with Gasteiger partial charge in [-0.1, -0.05) is 0 Å². The summed E-state index contributed by atoms with van der Waals surface area (Å²) in [5.41, 5.74) is 0.570. The van der Waals surface area contributed by atoms with Gasteiger partial charge in [0.15, 0.2) is 0 Å². The molecule has 2 rings (SSSR count). The first-order chi connectivity index (χ1) is 6.20. The van der Waals surface area contributed by atoms with Gasteiger partial charge in [-0.25, -0.2) is 4.79 Å². The van der Waals surface area contributed by atoms with Crippen molar-refractivity contribution in [2.45, 2.75) is 25.4 Å². The molecular formula is C9H10O4. The lowest BCUT2D eigenvalue weighted by Crippen LogP contribution is -2.11. The van der Waals surface area contributed by atoms with Crippen LogP contribution in [0.4, 0.5) is 0 Å². The second-order valence-electron chi connectivity index (χ2n) is 3.20. The number of carboxylic acid groups (broad SMARTS) is 1. The Labute approximate surface area is 74.8 Å². The minimum atomic E-state index is -1.04. The molecule has 2 N–H and O–H groups in total. The van der Waals surface area contributed by atoms with Gasteiger partial charge in [0.25, 0.3) is 0 Å². The topological polar surface area (TPSA) is 70.7 Å². The Morgan fingerprint density at radius 1 is 1.62 bits per heavy atom. The fraction of sp³-hybridized carbons (Fsp3) is 0.444. The zero-order chi connectivity index (χ0) is 9.42. The van der Waals surface area contributed by atoms with Crippen molar-refractivity contribution >= 4 is 5.97 Å². The van der Waals surface area contributed by atoms with Crippen LogP contribution in [0, 0.1) is 0 Å². The summed E-state index contributed by atoms with van der Waals surface area (Å²) < 4.78 is 5.08. The third kappa shape index (κ3) is 1.23. The lowest BCUT2D eigenvalue weighted by Gasteiger charge is -2.16. The number of aromatic carboxylic acids is 1. The largest absolute Gasteiger partial charge is 0.478 e. The first-order valence-corrected chi connectivity index (χ1v) is 4.21. The van der Waals surface area contributed by atoms with Crippen LogP contribution in [0.1, 0.15) is 40.6 Å². The molecule has 1 aliphatic carbocycles. The number of carboxylic acids is 1. The van der Waals surface area contributed by atoms with Crippen molar-refractivity contribution in [3.8, 4) is 0 Å². The van der Waals surface area contributed by atoms with E-state index in [1.165, 1.54) is 6.26 Å². The van der Waals surface area contributed by atoms with E-state index in [1.807, 2.05) is 0 Å². The first-order valence-electron chi connectivity index (χ1n) is 4.21. The van der Waals surface area contributed by atoms with E-state index in [2.05, 4.69) is 0 Å². The molecule has 1 aromatic rings. The van der Waals surface area contributed by atoms with Crippen molar-refractivity contribution < 1.29 is 19.4 Å². The molecule has 4 heteroatoms. The molecule has 1 heterocycles. The molecular weight excluding hydrogens is 172 g/mol. The maximum absolute atomic E-state index is 10.7. The molecule has 0 aliphatic heterocycles. The zero-order valence-electron chi connectivity index (χ0n) is 6.99. The summed E-state index contributed by atoms with van der Waals surface area (Å²) in [5, 5.41) is 18.3. The number of furan rings is 1. The molecule has 1 unspecified atom stereocenters. The molecule has 1 aromatic heterocycles. The van der Waals surface area contributed by atoms with Gasteiger partial charge in [-0.2, -0.15) is 0 Å². The molecule has 1 aliphatic rings. The van der Waals surface area contributed by atoms with Crippen LogP contribution in [-0.4, -0.2) is 16.2 Å². The van der Waals surface area contributed by atoms with Gasteiger partial charge in [-0.3, -0.25) is 0 Å². The van der Waals surface area contributed by atoms with E-state index in [-0.39, 0.29) is 5.56 Å². The monoisotopic (exact) mass is 182 g/mol. The molecule has 70 valence electrons.